The second-order valence-corrected chi connectivity index (χ2v) is 6.67. The van der Waals surface area contributed by atoms with E-state index >= 15 is 0 Å². The summed E-state index contributed by atoms with van der Waals surface area (Å²) in [6.45, 7) is 4.01. The molecular weight excluding hydrogens is 290 g/mol. The van der Waals surface area contributed by atoms with Crippen molar-refractivity contribution in [2.75, 3.05) is 0 Å². The van der Waals surface area contributed by atoms with E-state index in [1.54, 1.807) is 17.4 Å². The second kappa shape index (κ2) is 5.38. The molecule has 0 radical (unpaired) electrons. The van der Waals surface area contributed by atoms with Gasteiger partial charge in [-0.2, -0.15) is 0 Å². The first-order chi connectivity index (χ1) is 9.63. The van der Waals surface area contributed by atoms with Crippen LogP contribution in [0.15, 0.2) is 34.2 Å². The van der Waals surface area contributed by atoms with Gasteiger partial charge in [0.25, 0.3) is 5.56 Å². The van der Waals surface area contributed by atoms with Crippen LogP contribution < -0.4 is 5.56 Å². The van der Waals surface area contributed by atoms with E-state index in [4.69, 9.17) is 0 Å². The Morgan fingerprint density at radius 2 is 2.05 bits per heavy atom. The number of rotatable bonds is 3. The molecule has 6 heteroatoms. The van der Waals surface area contributed by atoms with Gasteiger partial charge in [0.15, 0.2) is 5.16 Å². The molecule has 2 heterocycles. The van der Waals surface area contributed by atoms with E-state index in [9.17, 15) is 4.79 Å². The maximum atomic E-state index is 12.0. The fourth-order valence-electron chi connectivity index (χ4n) is 1.97. The number of thioether (sulfide) groups is 1. The van der Waals surface area contributed by atoms with Crippen molar-refractivity contribution < 1.29 is 0 Å². The van der Waals surface area contributed by atoms with Gasteiger partial charge in [0.1, 0.15) is 0 Å². The monoisotopic (exact) mass is 303 g/mol. The Kier molecular flexibility index (Phi) is 3.58. The normalized spacial score (nSPS) is 11.1. The smallest absolute Gasteiger partial charge is 0.259 e. The van der Waals surface area contributed by atoms with Crippen molar-refractivity contribution >= 4 is 34.0 Å². The number of hydrogen-bond donors (Lipinski definition) is 1. The lowest BCUT2D eigenvalue weighted by Crippen LogP contribution is -2.08. The highest BCUT2D eigenvalue weighted by Gasteiger charge is 2.08. The molecule has 1 N–H and O–H groups in total. The number of nitrogens with one attached hydrogen (secondary N) is 1. The molecule has 20 heavy (non-hydrogen) atoms. The van der Waals surface area contributed by atoms with Crippen LogP contribution in [0.1, 0.15) is 15.6 Å². The highest BCUT2D eigenvalue weighted by atomic mass is 32.2. The average molecular weight is 303 g/mol. The van der Waals surface area contributed by atoms with Gasteiger partial charge < -0.3 is 4.98 Å². The summed E-state index contributed by atoms with van der Waals surface area (Å²) in [5.74, 6) is 0.776. The first-order valence-corrected chi connectivity index (χ1v) is 7.98. The molecule has 1 aromatic carbocycles. The lowest BCUT2D eigenvalue weighted by atomic mass is 10.2. The van der Waals surface area contributed by atoms with Crippen LogP contribution in [0.2, 0.25) is 0 Å². The molecule has 0 aliphatic rings. The van der Waals surface area contributed by atoms with Crippen LogP contribution in [-0.2, 0) is 5.75 Å². The van der Waals surface area contributed by atoms with Crippen LogP contribution in [0.5, 0.6) is 0 Å². The SMILES string of the molecule is Cc1nc(C)c(CSc2nc3ccccc3c(=O)[nH]2)s1. The molecule has 0 bridgehead atoms. The molecule has 0 saturated heterocycles. The Bertz CT molecular complexity index is 823. The molecule has 0 unspecified atom stereocenters. The zero-order valence-corrected chi connectivity index (χ0v) is 12.8. The van der Waals surface area contributed by atoms with E-state index in [0.29, 0.717) is 10.5 Å². The summed E-state index contributed by atoms with van der Waals surface area (Å²) in [6, 6.07) is 7.37. The van der Waals surface area contributed by atoms with Crippen molar-refractivity contribution in [3.05, 3.63) is 50.2 Å². The molecule has 0 atom stereocenters. The van der Waals surface area contributed by atoms with Crippen molar-refractivity contribution in [3.63, 3.8) is 0 Å². The van der Waals surface area contributed by atoms with Crippen LogP contribution in [0.4, 0.5) is 0 Å². The summed E-state index contributed by atoms with van der Waals surface area (Å²) in [6.07, 6.45) is 0. The van der Waals surface area contributed by atoms with Crippen molar-refractivity contribution in [2.24, 2.45) is 0 Å². The van der Waals surface area contributed by atoms with Gasteiger partial charge in [0.2, 0.25) is 0 Å². The number of thiazole rings is 1. The number of H-pyrrole nitrogens is 1. The summed E-state index contributed by atoms with van der Waals surface area (Å²) in [4.78, 5) is 24.9. The summed E-state index contributed by atoms with van der Waals surface area (Å²) >= 11 is 3.22. The fourth-order valence-corrected chi connectivity index (χ4v) is 3.92. The largest absolute Gasteiger partial charge is 0.301 e. The molecule has 0 spiro atoms. The molecule has 0 fully saturated rings. The maximum Gasteiger partial charge on any atom is 0.259 e. The van der Waals surface area contributed by atoms with E-state index in [-0.39, 0.29) is 5.56 Å². The third-order valence-corrected chi connectivity index (χ3v) is 5.09. The highest BCUT2D eigenvalue weighted by molar-refractivity contribution is 7.98. The Hall–Kier alpha value is -1.66. The van der Waals surface area contributed by atoms with E-state index in [2.05, 4.69) is 15.0 Å². The highest BCUT2D eigenvalue weighted by Crippen LogP contribution is 2.26. The summed E-state index contributed by atoms with van der Waals surface area (Å²) < 4.78 is 0. The Balaban J connectivity index is 1.88. The molecule has 0 aliphatic heterocycles. The van der Waals surface area contributed by atoms with Crippen molar-refractivity contribution in [1.29, 1.82) is 0 Å². The first kappa shape index (κ1) is 13.3. The summed E-state index contributed by atoms with van der Waals surface area (Å²) in [5.41, 5.74) is 1.70. The number of aromatic amines is 1. The van der Waals surface area contributed by atoms with E-state index in [0.717, 1.165) is 22.0 Å². The molecule has 0 amide bonds. The molecule has 3 rings (SSSR count). The van der Waals surface area contributed by atoms with E-state index in [1.807, 2.05) is 32.0 Å². The van der Waals surface area contributed by atoms with Crippen molar-refractivity contribution in [2.45, 2.75) is 24.8 Å². The summed E-state index contributed by atoms with van der Waals surface area (Å²) in [5, 5.41) is 2.35. The molecule has 2 aromatic heterocycles. The van der Waals surface area contributed by atoms with Gasteiger partial charge in [-0.15, -0.1) is 11.3 Å². The quantitative estimate of drug-likeness (QED) is 0.596. The first-order valence-electron chi connectivity index (χ1n) is 6.18. The van der Waals surface area contributed by atoms with Gasteiger partial charge in [0, 0.05) is 10.6 Å². The fraction of sp³-hybridized carbons (Fsp3) is 0.214. The van der Waals surface area contributed by atoms with Crippen molar-refractivity contribution in [3.8, 4) is 0 Å². The number of aryl methyl sites for hydroxylation is 2. The zero-order chi connectivity index (χ0) is 14.1. The van der Waals surface area contributed by atoms with Crippen LogP contribution >= 0.6 is 23.1 Å². The Morgan fingerprint density at radius 3 is 2.80 bits per heavy atom. The van der Waals surface area contributed by atoms with Gasteiger partial charge >= 0.3 is 0 Å². The van der Waals surface area contributed by atoms with Crippen LogP contribution in [0.25, 0.3) is 10.9 Å². The molecule has 0 aliphatic carbocycles. The number of fused-ring (bicyclic) bond motifs is 1. The molecule has 102 valence electrons. The van der Waals surface area contributed by atoms with Gasteiger partial charge in [-0.3, -0.25) is 4.79 Å². The third-order valence-electron chi connectivity index (χ3n) is 2.93. The molecule has 0 saturated carbocycles. The standard InChI is InChI=1S/C14H13N3OS2/c1-8-12(20-9(2)15-8)7-19-14-16-11-6-4-3-5-10(11)13(18)17-14/h3-6H,7H2,1-2H3,(H,16,17,18). The lowest BCUT2D eigenvalue weighted by Gasteiger charge is -2.02. The minimum absolute atomic E-state index is 0.0877. The van der Waals surface area contributed by atoms with Gasteiger partial charge in [-0.25, -0.2) is 9.97 Å². The minimum atomic E-state index is -0.0877. The number of benzene rings is 1. The third kappa shape index (κ3) is 2.62. The predicted octanol–water partition coefficient (Wildman–Crippen LogP) is 3.29. The average Bonchev–Trinajstić information content (AvgIpc) is 2.75. The minimum Gasteiger partial charge on any atom is -0.301 e. The Labute approximate surface area is 124 Å². The molecule has 4 nitrogen and oxygen atoms in total. The lowest BCUT2D eigenvalue weighted by molar-refractivity contribution is 0.973. The maximum absolute atomic E-state index is 12.0. The predicted molar refractivity (Wildman–Crippen MR) is 83.5 cm³/mol. The van der Waals surface area contributed by atoms with Crippen molar-refractivity contribution in [1.82, 2.24) is 15.0 Å². The van der Waals surface area contributed by atoms with Crippen LogP contribution in [-0.4, -0.2) is 15.0 Å². The van der Waals surface area contributed by atoms with E-state index < -0.39 is 0 Å². The van der Waals surface area contributed by atoms with Gasteiger partial charge in [-0.05, 0) is 26.0 Å². The number of nitrogens with zero attached hydrogens (tertiary/aromatic N) is 2. The van der Waals surface area contributed by atoms with Gasteiger partial charge in [-0.1, -0.05) is 23.9 Å². The van der Waals surface area contributed by atoms with Gasteiger partial charge in [0.05, 0.1) is 21.6 Å². The number of hydrogen-bond acceptors (Lipinski definition) is 5. The Morgan fingerprint density at radius 1 is 1.25 bits per heavy atom. The molecule has 3 aromatic rings. The second-order valence-electron chi connectivity index (χ2n) is 4.42. The number of aromatic nitrogens is 3. The zero-order valence-electron chi connectivity index (χ0n) is 11.1. The molecular formula is C14H13N3OS2. The summed E-state index contributed by atoms with van der Waals surface area (Å²) in [7, 11) is 0. The van der Waals surface area contributed by atoms with Crippen LogP contribution in [0, 0.1) is 13.8 Å². The van der Waals surface area contributed by atoms with E-state index in [1.165, 1.54) is 16.6 Å². The topological polar surface area (TPSA) is 58.6 Å². The number of para-hydroxylation sites is 1. The van der Waals surface area contributed by atoms with Crippen LogP contribution in [0.3, 0.4) is 0 Å².